The molecule has 2 aromatic rings. The molecule has 0 unspecified atom stereocenters. The molecule has 1 amide bonds. The Hall–Kier alpha value is -3.50. The number of aryl methyl sites for hydroxylation is 1. The van der Waals surface area contributed by atoms with E-state index in [2.05, 4.69) is 15.3 Å². The highest BCUT2D eigenvalue weighted by molar-refractivity contribution is 5.97. The second kappa shape index (κ2) is 9.91. The Kier molecular flexibility index (Phi) is 6.55. The first-order chi connectivity index (χ1) is 19.0. The van der Waals surface area contributed by atoms with Crippen molar-refractivity contribution in [3.8, 4) is 11.3 Å². The summed E-state index contributed by atoms with van der Waals surface area (Å²) in [6.07, 6.45) is -7.56. The fourth-order valence-electron chi connectivity index (χ4n) is 4.54. The summed E-state index contributed by atoms with van der Waals surface area (Å²) in [4.78, 5) is 29.8. The number of fused-ring (bicyclic) bond motifs is 1. The molecule has 16 heteroatoms. The first-order valence-corrected chi connectivity index (χ1v) is 11.0. The zero-order chi connectivity index (χ0) is 32.1. The fourth-order valence-corrected chi connectivity index (χ4v) is 4.54. The molecule has 3 fully saturated rings. The molecule has 7 N–H and O–H groups in total. The van der Waals surface area contributed by atoms with Crippen LogP contribution in [0.15, 0.2) is 24.4 Å². The number of aliphatic hydroxyl groups is 3. The number of hydrogen-bond donors (Lipinski definition) is 6. The number of alkyl halides is 6. The van der Waals surface area contributed by atoms with Gasteiger partial charge in [0, 0.05) is 15.2 Å². The number of amides is 1. The summed E-state index contributed by atoms with van der Waals surface area (Å²) < 4.78 is 95.5. The van der Waals surface area contributed by atoms with Gasteiger partial charge in [0.05, 0.1) is 24.1 Å². The number of aliphatic carboxylic acids is 1. The van der Waals surface area contributed by atoms with Gasteiger partial charge in [0.1, 0.15) is 0 Å². The summed E-state index contributed by atoms with van der Waals surface area (Å²) in [6, 6.07) is 2.37. The van der Waals surface area contributed by atoms with Crippen molar-refractivity contribution < 1.29 is 60.5 Å². The van der Waals surface area contributed by atoms with E-state index in [1.54, 1.807) is 0 Å². The Morgan fingerprint density at radius 2 is 1.79 bits per heavy atom. The number of benzene rings is 1. The lowest BCUT2D eigenvalue weighted by Crippen LogP contribution is -2.58. The first kappa shape index (κ1) is 25.8. The highest BCUT2D eigenvalue weighted by Crippen LogP contribution is 2.55. The van der Waals surface area contributed by atoms with Gasteiger partial charge in [-0.2, -0.15) is 26.3 Å². The Balaban J connectivity index is 0.000000616. The number of hydrogen-bond acceptors (Lipinski definition) is 8. The monoisotopic (exact) mass is 569 g/mol. The Bertz CT molecular complexity index is 1380. The predicted molar refractivity (Wildman–Crippen MR) is 121 cm³/mol. The zero-order valence-electron chi connectivity index (χ0n) is 22.7. The number of carboxylic acids is 1. The fraction of sp³-hybridized carbons (Fsp3) is 0.478. The van der Waals surface area contributed by atoms with E-state index >= 15 is 0 Å². The normalized spacial score (nSPS) is 25.1. The number of nitrogens with two attached hydrogens (primary N) is 1. The Labute approximate surface area is 220 Å². The molecule has 1 heterocycles. The van der Waals surface area contributed by atoms with Crippen LogP contribution < -0.4 is 11.1 Å². The van der Waals surface area contributed by atoms with Crippen molar-refractivity contribution >= 4 is 17.7 Å². The predicted octanol–water partition coefficient (Wildman–Crippen LogP) is 2.20. The smallest absolute Gasteiger partial charge is 0.475 e. The van der Waals surface area contributed by atoms with Crippen molar-refractivity contribution in [2.75, 3.05) is 12.3 Å². The maximum absolute atomic E-state index is 13.5. The lowest BCUT2D eigenvalue weighted by molar-refractivity contribution is -0.277. The molecular weight excluding hydrogens is 542 g/mol. The lowest BCUT2D eigenvalue weighted by Gasteiger charge is -2.44. The quantitative estimate of drug-likeness (QED) is 0.295. The molecular formula is C23H24F6N4O6. The van der Waals surface area contributed by atoms with E-state index in [0.717, 1.165) is 24.4 Å². The molecule has 0 saturated heterocycles. The maximum atomic E-state index is 13.5. The standard InChI is InChI=1S/C21H23F3N4O4.C2HF3O2/c1-11-2-3-12(20(32,10-29)21(22,23)24)6-13(11)14-7-26-16(25)15(27-14)17(30)28-18-4-5-19(31,8-18)9-18;3-2(4,5)1(6)7/h2-3,6-7,29,31-32H,4-5,8-10H2,1H3,(H2,25,26)(H,28,30);(H,6,7)/t18?,19?,20-;/m1./s1/i1D3;. The number of carboxylic acid groups (broad SMARTS) is 1. The Morgan fingerprint density at radius 3 is 2.26 bits per heavy atom. The molecule has 5 rings (SSSR count). The second-order valence-electron chi connectivity index (χ2n) is 9.38. The van der Waals surface area contributed by atoms with Crippen LogP contribution in [0.1, 0.15) is 51.4 Å². The third-order valence-electron chi connectivity index (χ3n) is 6.51. The van der Waals surface area contributed by atoms with Gasteiger partial charge < -0.3 is 31.5 Å². The van der Waals surface area contributed by atoms with Gasteiger partial charge in [-0.15, -0.1) is 0 Å². The molecule has 0 radical (unpaired) electrons. The molecule has 1 aromatic carbocycles. The van der Waals surface area contributed by atoms with E-state index in [4.69, 9.17) is 19.7 Å². The molecule has 3 aliphatic rings. The van der Waals surface area contributed by atoms with Gasteiger partial charge in [-0.1, -0.05) is 12.1 Å². The van der Waals surface area contributed by atoms with Crippen LogP contribution in [-0.4, -0.2) is 72.4 Å². The number of carbonyl (C=O) groups is 2. The van der Waals surface area contributed by atoms with Crippen molar-refractivity contribution in [2.24, 2.45) is 0 Å². The molecule has 10 nitrogen and oxygen atoms in total. The number of aliphatic hydroxyl groups excluding tert-OH is 1. The first-order valence-electron chi connectivity index (χ1n) is 12.5. The summed E-state index contributed by atoms with van der Waals surface area (Å²) in [5.74, 6) is -3.77. The second-order valence-corrected chi connectivity index (χ2v) is 9.38. The molecule has 2 bridgehead atoms. The minimum Gasteiger partial charge on any atom is -0.475 e. The number of nitrogens with one attached hydrogen (secondary N) is 1. The zero-order valence-corrected chi connectivity index (χ0v) is 19.7. The van der Waals surface area contributed by atoms with Gasteiger partial charge in [0.2, 0.25) is 5.60 Å². The lowest BCUT2D eigenvalue weighted by atomic mass is 9.73. The van der Waals surface area contributed by atoms with E-state index in [9.17, 15) is 46.5 Å². The number of carbonyl (C=O) groups excluding carboxylic acids is 1. The summed E-state index contributed by atoms with van der Waals surface area (Å²) in [5, 5.41) is 39.5. The van der Waals surface area contributed by atoms with Crippen LogP contribution in [0.25, 0.3) is 11.3 Å². The van der Waals surface area contributed by atoms with Crippen LogP contribution in [0.5, 0.6) is 0 Å². The number of anilines is 1. The van der Waals surface area contributed by atoms with Crippen LogP contribution in [0, 0.1) is 6.85 Å². The molecule has 3 aliphatic carbocycles. The van der Waals surface area contributed by atoms with Crippen LogP contribution in [0.4, 0.5) is 32.2 Å². The van der Waals surface area contributed by atoms with Gasteiger partial charge in [-0.25, -0.2) is 14.8 Å². The molecule has 0 spiro atoms. The topological polar surface area (TPSA) is 179 Å². The van der Waals surface area contributed by atoms with E-state index < -0.39 is 65.6 Å². The van der Waals surface area contributed by atoms with Gasteiger partial charge in [-0.3, -0.25) is 4.79 Å². The van der Waals surface area contributed by atoms with E-state index in [1.165, 1.54) is 0 Å². The van der Waals surface area contributed by atoms with E-state index in [1.807, 2.05) is 0 Å². The third kappa shape index (κ3) is 5.91. The van der Waals surface area contributed by atoms with Crippen molar-refractivity contribution in [1.29, 1.82) is 0 Å². The average Bonchev–Trinajstić information content (AvgIpc) is 3.34. The van der Waals surface area contributed by atoms with Crippen LogP contribution in [-0.2, 0) is 10.4 Å². The van der Waals surface area contributed by atoms with Gasteiger partial charge >= 0.3 is 18.3 Å². The minimum atomic E-state index is -5.27. The van der Waals surface area contributed by atoms with E-state index in [0.29, 0.717) is 25.7 Å². The van der Waals surface area contributed by atoms with Gasteiger partial charge in [-0.05, 0) is 49.7 Å². The molecule has 3 saturated carbocycles. The van der Waals surface area contributed by atoms with Gasteiger partial charge in [0.15, 0.2) is 11.5 Å². The van der Waals surface area contributed by atoms with Crippen LogP contribution >= 0.6 is 0 Å². The van der Waals surface area contributed by atoms with Crippen LogP contribution in [0.2, 0.25) is 0 Å². The van der Waals surface area contributed by atoms with Crippen molar-refractivity contribution in [1.82, 2.24) is 15.3 Å². The number of halogens is 6. The summed E-state index contributed by atoms with van der Waals surface area (Å²) in [6.45, 7) is -4.51. The largest absolute Gasteiger partial charge is 0.490 e. The number of nitrogen functional groups attached to an aromatic ring is 1. The summed E-state index contributed by atoms with van der Waals surface area (Å²) in [7, 11) is 0. The van der Waals surface area contributed by atoms with Crippen molar-refractivity contribution in [3.05, 3.63) is 41.2 Å². The average molecular weight is 569 g/mol. The number of aromatic nitrogens is 2. The summed E-state index contributed by atoms with van der Waals surface area (Å²) >= 11 is 0. The van der Waals surface area contributed by atoms with Crippen molar-refractivity contribution in [2.45, 2.75) is 61.6 Å². The number of nitrogens with zero attached hydrogens (tertiary/aromatic N) is 2. The molecule has 1 atom stereocenters. The molecule has 39 heavy (non-hydrogen) atoms. The molecule has 1 aromatic heterocycles. The SMILES string of the molecule is O=C(O)C(F)(F)F.[2H]C([2H])([2H])c1ccc([C@](O)(CO)C(F)(F)F)cc1-c1cnc(N)c(C(=O)NC23CCC(O)(C2)C3)n1. The van der Waals surface area contributed by atoms with Crippen molar-refractivity contribution in [3.63, 3.8) is 0 Å². The van der Waals surface area contributed by atoms with Crippen LogP contribution in [0.3, 0.4) is 0 Å². The molecule has 214 valence electrons. The minimum absolute atomic E-state index is 0.270. The Morgan fingerprint density at radius 1 is 1.18 bits per heavy atom. The highest BCUT2D eigenvalue weighted by atomic mass is 19.4. The summed E-state index contributed by atoms with van der Waals surface area (Å²) in [5.41, 5.74) is -1.51. The van der Waals surface area contributed by atoms with Gasteiger partial charge in [0.25, 0.3) is 5.91 Å². The third-order valence-corrected chi connectivity index (χ3v) is 6.51. The number of rotatable bonds is 5. The highest BCUT2D eigenvalue weighted by Gasteiger charge is 2.61. The maximum Gasteiger partial charge on any atom is 0.490 e. The van der Waals surface area contributed by atoms with E-state index in [-0.39, 0.29) is 22.8 Å². The molecule has 0 aliphatic heterocycles.